The molecule has 1 aliphatic rings. The number of benzene rings is 1. The Labute approximate surface area is 116 Å². The lowest BCUT2D eigenvalue weighted by Crippen LogP contribution is -2.14. The van der Waals surface area contributed by atoms with E-state index in [0.29, 0.717) is 18.1 Å². The average molecular weight is 267 g/mol. The van der Waals surface area contributed by atoms with Crippen LogP contribution in [0.3, 0.4) is 0 Å². The van der Waals surface area contributed by atoms with Crippen molar-refractivity contribution in [1.82, 2.24) is 4.98 Å². The van der Waals surface area contributed by atoms with Gasteiger partial charge in [0.1, 0.15) is 11.5 Å². The van der Waals surface area contributed by atoms with Gasteiger partial charge in [-0.1, -0.05) is 6.07 Å². The van der Waals surface area contributed by atoms with E-state index in [0.717, 1.165) is 17.0 Å². The number of rotatable bonds is 3. The molecule has 0 unspecified atom stereocenters. The Morgan fingerprint density at radius 1 is 1.30 bits per heavy atom. The van der Waals surface area contributed by atoms with Crippen molar-refractivity contribution in [1.29, 1.82) is 0 Å². The quantitative estimate of drug-likeness (QED) is 0.929. The molecule has 1 amide bonds. The van der Waals surface area contributed by atoms with Crippen molar-refractivity contribution in [3.8, 4) is 5.75 Å². The van der Waals surface area contributed by atoms with Gasteiger partial charge in [0.05, 0.1) is 12.3 Å². The molecule has 1 aromatic carbocycles. The van der Waals surface area contributed by atoms with Gasteiger partial charge in [-0.25, -0.2) is 9.98 Å². The fourth-order valence-corrected chi connectivity index (χ4v) is 2.03. The first kappa shape index (κ1) is 12.3. The van der Waals surface area contributed by atoms with Gasteiger partial charge in [-0.15, -0.1) is 0 Å². The summed E-state index contributed by atoms with van der Waals surface area (Å²) in [6.45, 7) is 2.49. The van der Waals surface area contributed by atoms with Gasteiger partial charge in [0.25, 0.3) is 5.91 Å². The molecule has 0 spiro atoms. The largest absolute Gasteiger partial charge is 0.494 e. The van der Waals surface area contributed by atoms with Gasteiger partial charge in [-0.05, 0) is 37.3 Å². The van der Waals surface area contributed by atoms with Crippen molar-refractivity contribution in [2.24, 2.45) is 4.99 Å². The number of carbonyl (C=O) groups is 1. The van der Waals surface area contributed by atoms with Crippen molar-refractivity contribution in [3.05, 3.63) is 48.2 Å². The number of nitrogens with one attached hydrogen (secondary N) is 1. The third kappa shape index (κ3) is 2.25. The minimum atomic E-state index is -0.223. The zero-order valence-corrected chi connectivity index (χ0v) is 11.0. The Hall–Kier alpha value is -2.69. The highest BCUT2D eigenvalue weighted by Crippen LogP contribution is 2.28. The van der Waals surface area contributed by atoms with Crippen LogP contribution >= 0.6 is 0 Å². The van der Waals surface area contributed by atoms with E-state index >= 15 is 0 Å². The zero-order chi connectivity index (χ0) is 13.9. The summed E-state index contributed by atoms with van der Waals surface area (Å²) >= 11 is 0. The number of aromatic nitrogens is 1. The molecule has 0 saturated heterocycles. The molecular weight excluding hydrogens is 254 g/mol. The Morgan fingerprint density at radius 3 is 2.95 bits per heavy atom. The number of hydrogen-bond acceptors (Lipinski definition) is 4. The maximum absolute atomic E-state index is 12.0. The lowest BCUT2D eigenvalue weighted by atomic mass is 10.1. The molecule has 1 aliphatic heterocycles. The molecular formula is C15H13N3O2. The number of anilines is 1. The van der Waals surface area contributed by atoms with Gasteiger partial charge in [-0.2, -0.15) is 0 Å². The van der Waals surface area contributed by atoms with Crippen molar-refractivity contribution < 1.29 is 9.53 Å². The lowest BCUT2D eigenvalue weighted by Gasteiger charge is -2.04. The number of aliphatic imine (C=N–C) groups is 1. The summed E-state index contributed by atoms with van der Waals surface area (Å²) in [4.78, 5) is 20.4. The van der Waals surface area contributed by atoms with E-state index < -0.39 is 0 Å². The predicted octanol–water partition coefficient (Wildman–Crippen LogP) is 2.55. The molecule has 0 bridgehead atoms. The van der Waals surface area contributed by atoms with Crippen LogP contribution in [-0.2, 0) is 4.79 Å². The smallest absolute Gasteiger partial charge is 0.275 e. The molecule has 0 fully saturated rings. The van der Waals surface area contributed by atoms with Gasteiger partial charge in [0.15, 0.2) is 5.82 Å². The molecule has 0 saturated carbocycles. The second kappa shape index (κ2) is 5.13. The van der Waals surface area contributed by atoms with E-state index in [-0.39, 0.29) is 5.91 Å². The molecule has 0 radical (unpaired) electrons. The van der Waals surface area contributed by atoms with Crippen LogP contribution in [0.2, 0.25) is 0 Å². The maximum atomic E-state index is 12.0. The normalized spacial score (nSPS) is 15.1. The highest BCUT2D eigenvalue weighted by molar-refractivity contribution is 6.54. The van der Waals surface area contributed by atoms with E-state index in [1.54, 1.807) is 18.3 Å². The number of nitrogens with zero attached hydrogens (tertiary/aromatic N) is 2. The van der Waals surface area contributed by atoms with Gasteiger partial charge in [0, 0.05) is 11.8 Å². The third-order valence-corrected chi connectivity index (χ3v) is 2.90. The Morgan fingerprint density at radius 2 is 2.20 bits per heavy atom. The summed E-state index contributed by atoms with van der Waals surface area (Å²) in [5, 5.41) is 2.78. The van der Waals surface area contributed by atoms with Gasteiger partial charge >= 0.3 is 0 Å². The molecule has 0 atom stereocenters. The highest BCUT2D eigenvalue weighted by atomic mass is 16.5. The lowest BCUT2D eigenvalue weighted by molar-refractivity contribution is -0.110. The first-order valence-electron chi connectivity index (χ1n) is 6.36. The Bertz CT molecular complexity index is 681. The van der Waals surface area contributed by atoms with Crippen molar-refractivity contribution in [2.45, 2.75) is 6.92 Å². The van der Waals surface area contributed by atoms with E-state index in [4.69, 9.17) is 4.74 Å². The maximum Gasteiger partial charge on any atom is 0.275 e. The molecule has 1 N–H and O–H groups in total. The summed E-state index contributed by atoms with van der Waals surface area (Å²) in [5.74, 6) is 1.00. The monoisotopic (exact) mass is 267 g/mol. The minimum absolute atomic E-state index is 0.223. The summed E-state index contributed by atoms with van der Waals surface area (Å²) in [5.41, 5.74) is 1.85. The van der Waals surface area contributed by atoms with Crippen LogP contribution in [0, 0.1) is 0 Å². The van der Waals surface area contributed by atoms with Crippen molar-refractivity contribution in [2.75, 3.05) is 11.9 Å². The molecule has 3 rings (SSSR count). The predicted molar refractivity (Wildman–Crippen MR) is 76.7 cm³/mol. The molecule has 20 heavy (non-hydrogen) atoms. The second-order valence-electron chi connectivity index (χ2n) is 4.24. The summed E-state index contributed by atoms with van der Waals surface area (Å²) in [7, 11) is 0. The molecule has 100 valence electrons. The second-order valence-corrected chi connectivity index (χ2v) is 4.24. The van der Waals surface area contributed by atoms with Crippen LogP contribution in [-0.4, -0.2) is 23.2 Å². The van der Waals surface area contributed by atoms with E-state index in [1.807, 2.05) is 31.2 Å². The number of amides is 1. The topological polar surface area (TPSA) is 63.6 Å². The SMILES string of the molecule is CCOc1ccc2c(c1)/C(=N/c1ccccn1)C(=O)N2. The van der Waals surface area contributed by atoms with Crippen LogP contribution in [0.4, 0.5) is 11.5 Å². The van der Waals surface area contributed by atoms with Crippen molar-refractivity contribution in [3.63, 3.8) is 0 Å². The number of hydrogen-bond donors (Lipinski definition) is 1. The van der Waals surface area contributed by atoms with E-state index in [2.05, 4.69) is 15.3 Å². The number of carbonyl (C=O) groups excluding carboxylic acids is 1. The van der Waals surface area contributed by atoms with Crippen LogP contribution in [0.15, 0.2) is 47.6 Å². The zero-order valence-electron chi connectivity index (χ0n) is 11.0. The minimum Gasteiger partial charge on any atom is -0.494 e. The van der Waals surface area contributed by atoms with Crippen LogP contribution < -0.4 is 10.1 Å². The van der Waals surface area contributed by atoms with Gasteiger partial charge in [0.2, 0.25) is 0 Å². The average Bonchev–Trinajstić information content (AvgIpc) is 2.77. The van der Waals surface area contributed by atoms with E-state index in [9.17, 15) is 4.79 Å². The standard InChI is InChI=1S/C15H13N3O2/c1-2-20-10-6-7-12-11(9-10)14(15(19)17-12)18-13-5-3-4-8-16-13/h3-9H,2H2,1H3,(H,16,17,18,19). The van der Waals surface area contributed by atoms with Gasteiger partial charge in [-0.3, -0.25) is 4.79 Å². The van der Waals surface area contributed by atoms with E-state index in [1.165, 1.54) is 0 Å². The molecule has 2 aromatic rings. The van der Waals surface area contributed by atoms with Crippen LogP contribution in [0.5, 0.6) is 5.75 Å². The van der Waals surface area contributed by atoms with Crippen LogP contribution in [0.1, 0.15) is 12.5 Å². The highest BCUT2D eigenvalue weighted by Gasteiger charge is 2.26. The summed E-state index contributed by atoms with van der Waals surface area (Å²) in [6, 6.07) is 10.9. The molecule has 0 aliphatic carbocycles. The third-order valence-electron chi connectivity index (χ3n) is 2.90. The number of ether oxygens (including phenoxy) is 1. The summed E-state index contributed by atoms with van der Waals surface area (Å²) < 4.78 is 5.46. The van der Waals surface area contributed by atoms with Crippen LogP contribution in [0.25, 0.3) is 0 Å². The first-order chi connectivity index (χ1) is 9.78. The fourth-order valence-electron chi connectivity index (χ4n) is 2.03. The first-order valence-corrected chi connectivity index (χ1v) is 6.36. The molecule has 2 heterocycles. The molecule has 1 aromatic heterocycles. The molecule has 5 nitrogen and oxygen atoms in total. The Kier molecular flexibility index (Phi) is 3.16. The summed E-state index contributed by atoms with van der Waals surface area (Å²) in [6.07, 6.45) is 1.64. The fraction of sp³-hybridized carbons (Fsp3) is 0.133. The number of fused-ring (bicyclic) bond motifs is 1. The number of pyridine rings is 1. The molecule has 5 heteroatoms. The Balaban J connectivity index is 2.04. The van der Waals surface area contributed by atoms with Gasteiger partial charge < -0.3 is 10.1 Å². The van der Waals surface area contributed by atoms with Crippen molar-refractivity contribution >= 4 is 23.1 Å².